The maximum Gasteiger partial charge on any atom is 0.273 e. The van der Waals surface area contributed by atoms with Gasteiger partial charge >= 0.3 is 0 Å². The van der Waals surface area contributed by atoms with Crippen LogP contribution in [0, 0.1) is 21.4 Å². The second-order valence-corrected chi connectivity index (χ2v) is 5.77. The average Bonchev–Trinajstić information content (AvgIpc) is 3.28. The minimum Gasteiger partial charge on any atom is -0.388 e. The van der Waals surface area contributed by atoms with Crippen molar-refractivity contribution in [2.75, 3.05) is 24.2 Å². The number of nitro benzene ring substituents is 1. The van der Waals surface area contributed by atoms with E-state index in [2.05, 4.69) is 10.6 Å². The van der Waals surface area contributed by atoms with Gasteiger partial charge in [0.1, 0.15) is 0 Å². The number of benzene rings is 1. The molecule has 102 valence electrons. The maximum absolute atomic E-state index is 10.9. The van der Waals surface area contributed by atoms with E-state index in [0.29, 0.717) is 5.41 Å². The number of nitro groups is 1. The zero-order valence-electron chi connectivity index (χ0n) is 11.1. The Hall–Kier alpha value is -1.78. The lowest BCUT2D eigenvalue weighted by molar-refractivity contribution is -0.384. The molecular weight excluding hydrogens is 242 g/mol. The SMILES string of the molecule is CNc1cc(NCC2(C3CC3)CC2)cc([N+](=O)[O-])c1. The van der Waals surface area contributed by atoms with Gasteiger partial charge in [-0.1, -0.05) is 0 Å². The van der Waals surface area contributed by atoms with E-state index in [1.807, 2.05) is 6.07 Å². The van der Waals surface area contributed by atoms with Crippen LogP contribution in [0.15, 0.2) is 18.2 Å². The summed E-state index contributed by atoms with van der Waals surface area (Å²) < 4.78 is 0. The molecule has 0 aliphatic heterocycles. The summed E-state index contributed by atoms with van der Waals surface area (Å²) in [7, 11) is 1.77. The Morgan fingerprint density at radius 1 is 1.32 bits per heavy atom. The fourth-order valence-electron chi connectivity index (χ4n) is 2.83. The predicted molar refractivity (Wildman–Crippen MR) is 75.5 cm³/mol. The molecule has 0 saturated heterocycles. The van der Waals surface area contributed by atoms with Crippen LogP contribution in [0.25, 0.3) is 0 Å². The Bertz CT molecular complexity index is 507. The van der Waals surface area contributed by atoms with Gasteiger partial charge in [-0.2, -0.15) is 0 Å². The van der Waals surface area contributed by atoms with Crippen LogP contribution in [0.3, 0.4) is 0 Å². The van der Waals surface area contributed by atoms with Gasteiger partial charge < -0.3 is 10.6 Å². The van der Waals surface area contributed by atoms with E-state index in [-0.39, 0.29) is 10.6 Å². The monoisotopic (exact) mass is 261 g/mol. The molecule has 0 bridgehead atoms. The van der Waals surface area contributed by atoms with Gasteiger partial charge in [-0.25, -0.2) is 0 Å². The first-order valence-electron chi connectivity index (χ1n) is 6.84. The van der Waals surface area contributed by atoms with E-state index in [4.69, 9.17) is 0 Å². The van der Waals surface area contributed by atoms with Crippen LogP contribution < -0.4 is 10.6 Å². The minimum atomic E-state index is -0.347. The van der Waals surface area contributed by atoms with Crippen LogP contribution in [0.5, 0.6) is 0 Å². The Labute approximate surface area is 112 Å². The number of rotatable bonds is 6. The normalized spacial score (nSPS) is 19.8. The first-order chi connectivity index (χ1) is 9.13. The van der Waals surface area contributed by atoms with Crippen molar-refractivity contribution in [3.8, 4) is 0 Å². The van der Waals surface area contributed by atoms with Gasteiger partial charge in [0, 0.05) is 37.1 Å². The standard InChI is InChI=1S/C14H19N3O2/c1-15-11-6-12(8-13(7-11)17(18)19)16-9-14(4-5-14)10-2-3-10/h6-8,10,15-16H,2-5,9H2,1H3. The summed E-state index contributed by atoms with van der Waals surface area (Å²) in [6.07, 6.45) is 5.33. The maximum atomic E-state index is 10.9. The summed E-state index contributed by atoms with van der Waals surface area (Å²) in [6, 6.07) is 5.10. The molecule has 0 aromatic heterocycles. The van der Waals surface area contributed by atoms with E-state index in [0.717, 1.165) is 23.8 Å². The summed E-state index contributed by atoms with van der Waals surface area (Å²) in [5.74, 6) is 0.891. The van der Waals surface area contributed by atoms with E-state index in [1.165, 1.54) is 25.7 Å². The summed E-state index contributed by atoms with van der Waals surface area (Å²) in [4.78, 5) is 10.6. The molecule has 0 spiro atoms. The summed E-state index contributed by atoms with van der Waals surface area (Å²) in [5.41, 5.74) is 2.23. The van der Waals surface area contributed by atoms with Crippen molar-refractivity contribution in [1.29, 1.82) is 0 Å². The van der Waals surface area contributed by atoms with Gasteiger partial charge in [0.15, 0.2) is 0 Å². The number of hydrogen-bond donors (Lipinski definition) is 2. The van der Waals surface area contributed by atoms with Crippen molar-refractivity contribution in [1.82, 2.24) is 0 Å². The Morgan fingerprint density at radius 3 is 2.53 bits per heavy atom. The third-order valence-electron chi connectivity index (χ3n) is 4.40. The predicted octanol–water partition coefficient (Wildman–Crippen LogP) is 3.24. The Kier molecular flexibility index (Phi) is 2.84. The first-order valence-corrected chi connectivity index (χ1v) is 6.84. The van der Waals surface area contributed by atoms with Crippen LogP contribution in [0.4, 0.5) is 17.1 Å². The Morgan fingerprint density at radius 2 is 2.00 bits per heavy atom. The highest BCUT2D eigenvalue weighted by molar-refractivity contribution is 5.63. The van der Waals surface area contributed by atoms with Gasteiger partial charge in [0.05, 0.1) is 4.92 Å². The molecule has 0 radical (unpaired) electrons. The molecule has 0 unspecified atom stereocenters. The highest BCUT2D eigenvalue weighted by Gasteiger charge is 2.53. The van der Waals surface area contributed by atoms with E-state index in [9.17, 15) is 10.1 Å². The van der Waals surface area contributed by atoms with Gasteiger partial charge in [-0.3, -0.25) is 10.1 Å². The Balaban J connectivity index is 1.72. The average molecular weight is 261 g/mol. The zero-order valence-corrected chi connectivity index (χ0v) is 11.1. The lowest BCUT2D eigenvalue weighted by Crippen LogP contribution is -2.17. The number of hydrogen-bond acceptors (Lipinski definition) is 4. The van der Waals surface area contributed by atoms with Crippen LogP contribution in [-0.4, -0.2) is 18.5 Å². The second kappa shape index (κ2) is 4.40. The van der Waals surface area contributed by atoms with E-state index < -0.39 is 0 Å². The molecule has 3 rings (SSSR count). The lowest BCUT2D eigenvalue weighted by Gasteiger charge is -2.16. The van der Waals surface area contributed by atoms with Crippen molar-refractivity contribution in [3.05, 3.63) is 28.3 Å². The third kappa shape index (κ3) is 2.50. The van der Waals surface area contributed by atoms with Gasteiger partial charge in [-0.15, -0.1) is 0 Å². The highest BCUT2D eigenvalue weighted by atomic mass is 16.6. The smallest absolute Gasteiger partial charge is 0.273 e. The summed E-state index contributed by atoms with van der Waals surface area (Å²) in [5, 5.41) is 17.3. The number of nitrogens with one attached hydrogen (secondary N) is 2. The second-order valence-electron chi connectivity index (χ2n) is 5.77. The molecule has 1 aromatic carbocycles. The molecule has 2 aliphatic carbocycles. The largest absolute Gasteiger partial charge is 0.388 e. The molecule has 2 N–H and O–H groups in total. The minimum absolute atomic E-state index is 0.130. The first kappa shape index (κ1) is 12.3. The third-order valence-corrected chi connectivity index (χ3v) is 4.40. The quantitative estimate of drug-likeness (QED) is 0.609. The molecule has 0 amide bonds. The molecular formula is C14H19N3O2. The van der Waals surface area contributed by atoms with Crippen LogP contribution in [-0.2, 0) is 0 Å². The van der Waals surface area contributed by atoms with Crippen molar-refractivity contribution in [2.45, 2.75) is 25.7 Å². The summed E-state index contributed by atoms with van der Waals surface area (Å²) in [6.45, 7) is 0.946. The number of non-ortho nitro benzene ring substituents is 1. The van der Waals surface area contributed by atoms with Gasteiger partial charge in [0.25, 0.3) is 5.69 Å². The van der Waals surface area contributed by atoms with Gasteiger partial charge in [-0.05, 0) is 43.1 Å². The molecule has 1 aromatic rings. The van der Waals surface area contributed by atoms with Crippen LogP contribution in [0.1, 0.15) is 25.7 Å². The highest BCUT2D eigenvalue weighted by Crippen LogP contribution is 2.61. The molecule has 5 nitrogen and oxygen atoms in total. The molecule has 5 heteroatoms. The zero-order chi connectivity index (χ0) is 13.5. The van der Waals surface area contributed by atoms with Crippen molar-refractivity contribution in [3.63, 3.8) is 0 Å². The van der Waals surface area contributed by atoms with Crippen LogP contribution >= 0.6 is 0 Å². The summed E-state index contributed by atoms with van der Waals surface area (Å²) >= 11 is 0. The van der Waals surface area contributed by atoms with E-state index >= 15 is 0 Å². The van der Waals surface area contributed by atoms with Crippen LogP contribution in [0.2, 0.25) is 0 Å². The number of nitrogens with zero attached hydrogens (tertiary/aromatic N) is 1. The fraction of sp³-hybridized carbons (Fsp3) is 0.571. The molecule has 19 heavy (non-hydrogen) atoms. The fourth-order valence-corrected chi connectivity index (χ4v) is 2.83. The molecule has 0 atom stereocenters. The molecule has 2 aliphatic rings. The van der Waals surface area contributed by atoms with Crippen molar-refractivity contribution in [2.24, 2.45) is 11.3 Å². The van der Waals surface area contributed by atoms with E-state index in [1.54, 1.807) is 19.2 Å². The number of anilines is 2. The molecule has 2 saturated carbocycles. The molecule has 0 heterocycles. The van der Waals surface area contributed by atoms with Crippen molar-refractivity contribution >= 4 is 17.1 Å². The molecule has 2 fully saturated rings. The topological polar surface area (TPSA) is 67.2 Å². The lowest BCUT2D eigenvalue weighted by atomic mass is 10.0. The van der Waals surface area contributed by atoms with Crippen molar-refractivity contribution < 1.29 is 4.92 Å². The van der Waals surface area contributed by atoms with Gasteiger partial charge in [0.2, 0.25) is 0 Å².